The lowest BCUT2D eigenvalue weighted by molar-refractivity contribution is 0.490. The minimum absolute atomic E-state index is 0.141. The van der Waals surface area contributed by atoms with E-state index in [1.807, 2.05) is 26.4 Å². The summed E-state index contributed by atoms with van der Waals surface area (Å²) in [6.07, 6.45) is 6.77. The van der Waals surface area contributed by atoms with Crippen molar-refractivity contribution in [1.29, 1.82) is 0 Å². The van der Waals surface area contributed by atoms with Crippen LogP contribution >= 0.6 is 34.9 Å². The lowest BCUT2D eigenvalue weighted by Crippen LogP contribution is -2.22. The highest BCUT2D eigenvalue weighted by atomic mass is 32.2. The van der Waals surface area contributed by atoms with Gasteiger partial charge >= 0.3 is 0 Å². The Balaban J connectivity index is 1.95. The summed E-state index contributed by atoms with van der Waals surface area (Å²) in [5.74, 6) is 0. The first-order valence-corrected chi connectivity index (χ1v) is 17.0. The Morgan fingerprint density at radius 1 is 0.676 bits per heavy atom. The number of thioether (sulfide) groups is 2. The van der Waals surface area contributed by atoms with E-state index in [4.69, 9.17) is 0 Å². The van der Waals surface area contributed by atoms with Gasteiger partial charge in [0.1, 0.15) is 0 Å². The van der Waals surface area contributed by atoms with Crippen LogP contribution in [0.3, 0.4) is 0 Å². The molecule has 3 aromatic rings. The Kier molecular flexibility index (Phi) is 9.51. The zero-order chi connectivity index (χ0) is 27.4. The summed E-state index contributed by atoms with van der Waals surface area (Å²) in [6.45, 7) is 3.77. The summed E-state index contributed by atoms with van der Waals surface area (Å²) < 4.78 is 55.5. The van der Waals surface area contributed by atoms with Gasteiger partial charge in [-0.15, -0.1) is 34.9 Å². The molecule has 8 nitrogen and oxygen atoms in total. The predicted molar refractivity (Wildman–Crippen MR) is 155 cm³/mol. The van der Waals surface area contributed by atoms with Gasteiger partial charge in [0.25, 0.3) is 20.0 Å². The van der Waals surface area contributed by atoms with Crippen molar-refractivity contribution >= 4 is 67.3 Å². The fourth-order valence-corrected chi connectivity index (χ4v) is 7.81. The topological polar surface area (TPSA) is 99.5 Å². The average Bonchev–Trinajstić information content (AvgIpc) is 3.22. The fourth-order valence-electron chi connectivity index (χ4n) is 3.09. The molecule has 0 bridgehead atoms. The van der Waals surface area contributed by atoms with Crippen LogP contribution < -0.4 is 0 Å². The Hall–Kier alpha value is -2.32. The maximum Gasteiger partial charge on any atom is 0.278 e. The minimum Gasteiger partial charge on any atom is -0.200 e. The van der Waals surface area contributed by atoms with Gasteiger partial charge in [0.15, 0.2) is 0 Å². The number of nitrogens with zero attached hydrogens (tertiary/aromatic N) is 4. The second kappa shape index (κ2) is 12.0. The summed E-state index contributed by atoms with van der Waals surface area (Å²) in [4.78, 5) is 0.283. The molecule has 0 aliphatic rings. The fraction of sp³-hybridized carbons (Fsp3) is 0.250. The number of thiophene rings is 1. The molecule has 2 aromatic carbocycles. The van der Waals surface area contributed by atoms with Crippen molar-refractivity contribution < 1.29 is 16.8 Å². The summed E-state index contributed by atoms with van der Waals surface area (Å²) in [7, 11) is -4.91. The smallest absolute Gasteiger partial charge is 0.200 e. The number of hydrogen-bond acceptors (Lipinski definition) is 9. The van der Waals surface area contributed by atoms with E-state index >= 15 is 0 Å². The third-order valence-electron chi connectivity index (χ3n) is 5.32. The molecule has 3 rings (SSSR count). The van der Waals surface area contributed by atoms with E-state index in [1.54, 1.807) is 48.5 Å². The highest BCUT2D eigenvalue weighted by Gasteiger charge is 2.22. The second-order valence-corrected chi connectivity index (χ2v) is 15.0. The van der Waals surface area contributed by atoms with Gasteiger partial charge < -0.3 is 0 Å². The molecule has 37 heavy (non-hydrogen) atoms. The van der Waals surface area contributed by atoms with Crippen LogP contribution in [0.4, 0.5) is 0 Å². The Morgan fingerprint density at radius 3 is 1.30 bits per heavy atom. The van der Waals surface area contributed by atoms with Crippen molar-refractivity contribution in [3.05, 3.63) is 70.8 Å². The van der Waals surface area contributed by atoms with Crippen LogP contribution in [0.25, 0.3) is 0 Å². The molecule has 1 heterocycles. The molecular weight excluding hydrogens is 569 g/mol. The first-order valence-electron chi connectivity index (χ1n) is 10.9. The summed E-state index contributed by atoms with van der Waals surface area (Å²) >= 11 is 4.49. The van der Waals surface area contributed by atoms with Gasteiger partial charge in [-0.3, -0.25) is 0 Å². The van der Waals surface area contributed by atoms with E-state index in [-0.39, 0.29) is 9.79 Å². The molecule has 0 radical (unpaired) electrons. The SMILES string of the molecule is CSc1sc(SC)c(C=NN(C)S(=O)(=O)c2ccc(C)cc2)c1C=NN(C)S(=O)(=O)c1ccc(C)cc1. The molecule has 0 amide bonds. The molecule has 198 valence electrons. The van der Waals surface area contributed by atoms with Crippen molar-refractivity contribution in [3.8, 4) is 0 Å². The molecule has 13 heteroatoms. The van der Waals surface area contributed by atoms with Crippen LogP contribution in [-0.4, -0.2) is 64.7 Å². The maximum atomic E-state index is 13.0. The lowest BCUT2D eigenvalue weighted by Gasteiger charge is -2.14. The van der Waals surface area contributed by atoms with E-state index in [1.165, 1.54) is 61.4 Å². The molecular formula is C24H28N4O4S5. The zero-order valence-electron chi connectivity index (χ0n) is 21.2. The van der Waals surface area contributed by atoms with Gasteiger partial charge in [-0.05, 0) is 50.6 Å². The van der Waals surface area contributed by atoms with Crippen molar-refractivity contribution in [1.82, 2.24) is 8.83 Å². The molecule has 0 atom stereocenters. The average molecular weight is 597 g/mol. The van der Waals surface area contributed by atoms with E-state index < -0.39 is 20.0 Å². The first-order chi connectivity index (χ1) is 17.4. The minimum atomic E-state index is -3.83. The van der Waals surface area contributed by atoms with Crippen LogP contribution in [0.1, 0.15) is 22.3 Å². The van der Waals surface area contributed by atoms with Crippen molar-refractivity contribution in [2.24, 2.45) is 10.2 Å². The summed E-state index contributed by atoms with van der Waals surface area (Å²) in [6, 6.07) is 13.1. The van der Waals surface area contributed by atoms with Crippen LogP contribution in [0.15, 0.2) is 76.9 Å². The van der Waals surface area contributed by atoms with E-state index in [9.17, 15) is 16.8 Å². The monoisotopic (exact) mass is 596 g/mol. The standard InChI is InChI=1S/C24H28N4O4S5/c1-17-7-11-19(12-8-17)36(29,30)27(3)25-15-21-22(24(34-6)35-23(21)33-5)16-26-28(4)37(31,32)20-13-9-18(2)10-14-20/h7-16H,1-6H3. The maximum absolute atomic E-state index is 13.0. The van der Waals surface area contributed by atoms with Gasteiger partial charge in [0.05, 0.1) is 30.6 Å². The number of rotatable bonds is 10. The number of hydrogen-bond donors (Lipinski definition) is 0. The molecule has 0 aliphatic carbocycles. The van der Waals surface area contributed by atoms with Gasteiger partial charge in [-0.1, -0.05) is 35.4 Å². The van der Waals surface area contributed by atoms with Crippen LogP contribution in [0, 0.1) is 13.8 Å². The molecule has 0 N–H and O–H groups in total. The lowest BCUT2D eigenvalue weighted by atomic mass is 10.2. The van der Waals surface area contributed by atoms with Gasteiger partial charge in [0, 0.05) is 25.2 Å². The Bertz CT molecular complexity index is 1400. The normalized spacial score (nSPS) is 12.5. The second-order valence-electron chi connectivity index (χ2n) is 7.91. The van der Waals surface area contributed by atoms with Crippen molar-refractivity contribution in [3.63, 3.8) is 0 Å². The Labute approximate surface area is 231 Å². The molecule has 0 saturated carbocycles. The van der Waals surface area contributed by atoms with Crippen LogP contribution in [-0.2, 0) is 20.0 Å². The molecule has 0 aliphatic heterocycles. The predicted octanol–water partition coefficient (Wildman–Crippen LogP) is 5.12. The highest BCUT2D eigenvalue weighted by molar-refractivity contribution is 8.03. The quantitative estimate of drug-likeness (QED) is 0.183. The number of aryl methyl sites for hydroxylation is 2. The molecule has 0 spiro atoms. The van der Waals surface area contributed by atoms with Crippen LogP contribution in [0.2, 0.25) is 0 Å². The van der Waals surface area contributed by atoms with Crippen molar-refractivity contribution in [2.75, 3.05) is 26.6 Å². The Morgan fingerprint density at radius 2 is 1.00 bits per heavy atom. The number of hydrazone groups is 2. The van der Waals surface area contributed by atoms with E-state index in [0.29, 0.717) is 11.1 Å². The third kappa shape index (κ3) is 6.58. The number of benzene rings is 2. The summed E-state index contributed by atoms with van der Waals surface area (Å²) in [5, 5.41) is 8.45. The van der Waals surface area contributed by atoms with E-state index in [2.05, 4.69) is 10.2 Å². The molecule has 0 fully saturated rings. The summed E-state index contributed by atoms with van der Waals surface area (Å²) in [5.41, 5.74) is 3.24. The molecule has 0 unspecified atom stereocenters. The largest absolute Gasteiger partial charge is 0.278 e. The van der Waals surface area contributed by atoms with Gasteiger partial charge in [-0.25, -0.2) is 0 Å². The number of sulfonamides is 2. The molecule has 1 aromatic heterocycles. The van der Waals surface area contributed by atoms with Crippen LogP contribution in [0.5, 0.6) is 0 Å². The molecule has 0 saturated heterocycles. The third-order valence-corrected chi connectivity index (χ3v) is 12.1. The van der Waals surface area contributed by atoms with Gasteiger partial charge in [-0.2, -0.15) is 35.9 Å². The first kappa shape index (κ1) is 29.2. The van der Waals surface area contributed by atoms with E-state index in [0.717, 1.165) is 28.4 Å². The highest BCUT2D eigenvalue weighted by Crippen LogP contribution is 2.38. The van der Waals surface area contributed by atoms with Crippen molar-refractivity contribution in [2.45, 2.75) is 32.1 Å². The van der Waals surface area contributed by atoms with Gasteiger partial charge in [0.2, 0.25) is 0 Å². The zero-order valence-corrected chi connectivity index (χ0v) is 25.3.